The van der Waals surface area contributed by atoms with E-state index in [0.717, 1.165) is 19.4 Å². The van der Waals surface area contributed by atoms with Crippen LogP contribution >= 0.6 is 0 Å². The van der Waals surface area contributed by atoms with Gasteiger partial charge in [0, 0.05) is 19.0 Å². The predicted molar refractivity (Wildman–Crippen MR) is 81.3 cm³/mol. The third-order valence-electron chi connectivity index (χ3n) is 4.56. The van der Waals surface area contributed by atoms with Crippen LogP contribution in [0.5, 0.6) is 0 Å². The van der Waals surface area contributed by atoms with Crippen molar-refractivity contribution in [1.82, 2.24) is 10.2 Å². The Balaban J connectivity index is 3.00. The van der Waals surface area contributed by atoms with Gasteiger partial charge in [0.2, 0.25) is 11.8 Å². The van der Waals surface area contributed by atoms with Gasteiger partial charge in [0.25, 0.3) is 0 Å². The van der Waals surface area contributed by atoms with Crippen LogP contribution in [-0.2, 0) is 9.59 Å². The highest BCUT2D eigenvalue weighted by molar-refractivity contribution is 5.94. The van der Waals surface area contributed by atoms with E-state index in [1.54, 1.807) is 0 Å². The van der Waals surface area contributed by atoms with Crippen molar-refractivity contribution in [2.24, 2.45) is 5.92 Å². The van der Waals surface area contributed by atoms with E-state index in [2.05, 4.69) is 19.2 Å². The fraction of sp³-hybridized carbons (Fsp3) is 0.875. The van der Waals surface area contributed by atoms with E-state index >= 15 is 0 Å². The molecule has 0 spiro atoms. The van der Waals surface area contributed by atoms with Gasteiger partial charge in [-0.15, -0.1) is 0 Å². The van der Waals surface area contributed by atoms with Crippen LogP contribution in [0, 0.1) is 5.92 Å². The molecule has 0 aromatic carbocycles. The first-order chi connectivity index (χ1) is 9.40. The minimum atomic E-state index is -0.701. The van der Waals surface area contributed by atoms with E-state index in [4.69, 9.17) is 0 Å². The highest BCUT2D eigenvalue weighted by Crippen LogP contribution is 2.26. The SMILES string of the molecule is CCCC(C)CN1C(=O)C(CC)(CC)NC(=O)CC1C. The van der Waals surface area contributed by atoms with Crippen molar-refractivity contribution in [3.8, 4) is 0 Å². The molecule has 2 amide bonds. The van der Waals surface area contributed by atoms with Gasteiger partial charge in [-0.3, -0.25) is 9.59 Å². The second-order valence-electron chi connectivity index (χ2n) is 6.24. The van der Waals surface area contributed by atoms with Gasteiger partial charge >= 0.3 is 0 Å². The zero-order chi connectivity index (χ0) is 15.3. The van der Waals surface area contributed by atoms with Crippen LogP contribution in [0.2, 0.25) is 0 Å². The van der Waals surface area contributed by atoms with Crippen LogP contribution in [0.25, 0.3) is 0 Å². The molecule has 0 aromatic heterocycles. The molecule has 20 heavy (non-hydrogen) atoms. The molecular formula is C16H30N2O2. The maximum Gasteiger partial charge on any atom is 0.248 e. The van der Waals surface area contributed by atoms with Gasteiger partial charge < -0.3 is 10.2 Å². The van der Waals surface area contributed by atoms with Crippen LogP contribution < -0.4 is 5.32 Å². The molecule has 1 N–H and O–H groups in total. The Morgan fingerprint density at radius 1 is 1.30 bits per heavy atom. The predicted octanol–water partition coefficient (Wildman–Crippen LogP) is 2.72. The number of carbonyl (C=O) groups excluding carboxylic acids is 2. The molecule has 0 saturated carbocycles. The fourth-order valence-corrected chi connectivity index (χ4v) is 3.14. The lowest BCUT2D eigenvalue weighted by Crippen LogP contribution is -2.57. The average Bonchev–Trinajstić information content (AvgIpc) is 2.49. The number of carbonyl (C=O) groups is 2. The van der Waals surface area contributed by atoms with Crippen molar-refractivity contribution in [3.63, 3.8) is 0 Å². The van der Waals surface area contributed by atoms with Crippen molar-refractivity contribution >= 4 is 11.8 Å². The molecule has 2 unspecified atom stereocenters. The topological polar surface area (TPSA) is 49.4 Å². The number of hydrogen-bond donors (Lipinski definition) is 1. The smallest absolute Gasteiger partial charge is 0.248 e. The van der Waals surface area contributed by atoms with Crippen LogP contribution in [0.3, 0.4) is 0 Å². The van der Waals surface area contributed by atoms with Crippen molar-refractivity contribution in [2.75, 3.05) is 6.54 Å². The van der Waals surface area contributed by atoms with Gasteiger partial charge in [-0.2, -0.15) is 0 Å². The molecule has 0 aliphatic carbocycles. The van der Waals surface area contributed by atoms with Gasteiger partial charge in [0.1, 0.15) is 5.54 Å². The second kappa shape index (κ2) is 7.09. The molecule has 0 bridgehead atoms. The molecule has 0 aromatic rings. The summed E-state index contributed by atoms with van der Waals surface area (Å²) in [5.41, 5.74) is -0.701. The van der Waals surface area contributed by atoms with E-state index in [1.807, 2.05) is 25.7 Å². The normalized spacial score (nSPS) is 24.2. The number of amides is 2. The number of nitrogens with zero attached hydrogens (tertiary/aromatic N) is 1. The van der Waals surface area contributed by atoms with Gasteiger partial charge in [-0.05, 0) is 32.1 Å². The third-order valence-corrected chi connectivity index (χ3v) is 4.56. The summed E-state index contributed by atoms with van der Waals surface area (Å²) in [6, 6.07) is -0.0122. The molecule has 0 radical (unpaired) electrons. The lowest BCUT2D eigenvalue weighted by atomic mass is 9.90. The molecule has 2 atom stereocenters. The third kappa shape index (κ3) is 3.53. The van der Waals surface area contributed by atoms with E-state index in [9.17, 15) is 9.59 Å². The first-order valence-electron chi connectivity index (χ1n) is 8.02. The number of hydrogen-bond acceptors (Lipinski definition) is 2. The maximum atomic E-state index is 12.9. The fourth-order valence-electron chi connectivity index (χ4n) is 3.14. The van der Waals surface area contributed by atoms with Crippen molar-refractivity contribution in [1.29, 1.82) is 0 Å². The van der Waals surface area contributed by atoms with Crippen LogP contribution in [-0.4, -0.2) is 34.8 Å². The molecule has 1 fully saturated rings. The molecule has 116 valence electrons. The largest absolute Gasteiger partial charge is 0.342 e. The first-order valence-corrected chi connectivity index (χ1v) is 8.02. The molecule has 4 heteroatoms. The Bertz CT molecular complexity index is 350. The van der Waals surface area contributed by atoms with Crippen LogP contribution in [0.4, 0.5) is 0 Å². The van der Waals surface area contributed by atoms with Crippen molar-refractivity contribution in [2.45, 2.75) is 78.3 Å². The van der Waals surface area contributed by atoms with E-state index in [-0.39, 0.29) is 17.9 Å². The zero-order valence-corrected chi connectivity index (χ0v) is 13.7. The minimum absolute atomic E-state index is 0.000180. The maximum absolute atomic E-state index is 12.9. The molecule has 1 aliphatic heterocycles. The Kier molecular flexibility index (Phi) is 6.03. The van der Waals surface area contributed by atoms with Crippen LogP contribution in [0.1, 0.15) is 66.7 Å². The monoisotopic (exact) mass is 282 g/mol. The Hall–Kier alpha value is -1.06. The van der Waals surface area contributed by atoms with Crippen molar-refractivity contribution < 1.29 is 9.59 Å². The standard InChI is InChI=1S/C16H30N2O2/c1-6-9-12(4)11-18-13(5)10-14(19)17-16(7-2,8-3)15(18)20/h12-13H,6-11H2,1-5H3,(H,17,19). The summed E-state index contributed by atoms with van der Waals surface area (Å²) in [6.07, 6.45) is 3.95. The molecule has 4 nitrogen and oxygen atoms in total. The van der Waals surface area contributed by atoms with Gasteiger partial charge in [0.05, 0.1) is 0 Å². The molecular weight excluding hydrogens is 252 g/mol. The minimum Gasteiger partial charge on any atom is -0.342 e. The highest BCUT2D eigenvalue weighted by atomic mass is 16.2. The summed E-state index contributed by atoms with van der Waals surface area (Å²) in [6.45, 7) is 11.0. The lowest BCUT2D eigenvalue weighted by molar-refractivity contribution is -0.141. The Morgan fingerprint density at radius 2 is 1.90 bits per heavy atom. The number of nitrogens with one attached hydrogen (secondary N) is 1. The Morgan fingerprint density at radius 3 is 2.40 bits per heavy atom. The number of rotatable bonds is 6. The Labute approximate surface area is 123 Å². The van der Waals surface area contributed by atoms with Crippen LogP contribution in [0.15, 0.2) is 0 Å². The molecule has 1 saturated heterocycles. The highest BCUT2D eigenvalue weighted by Gasteiger charge is 2.44. The summed E-state index contributed by atoms with van der Waals surface area (Å²) < 4.78 is 0. The summed E-state index contributed by atoms with van der Waals surface area (Å²) >= 11 is 0. The molecule has 1 rings (SSSR count). The summed E-state index contributed by atoms with van der Waals surface area (Å²) in [5.74, 6) is 0.579. The summed E-state index contributed by atoms with van der Waals surface area (Å²) in [4.78, 5) is 26.9. The second-order valence-corrected chi connectivity index (χ2v) is 6.24. The van der Waals surface area contributed by atoms with Crippen molar-refractivity contribution in [3.05, 3.63) is 0 Å². The lowest BCUT2D eigenvalue weighted by Gasteiger charge is -2.37. The molecule has 1 heterocycles. The summed E-state index contributed by atoms with van der Waals surface area (Å²) in [7, 11) is 0. The van der Waals surface area contributed by atoms with Gasteiger partial charge in [-0.1, -0.05) is 34.1 Å². The average molecular weight is 282 g/mol. The van der Waals surface area contributed by atoms with E-state index in [1.165, 1.54) is 0 Å². The zero-order valence-electron chi connectivity index (χ0n) is 13.7. The molecule has 1 aliphatic rings. The van der Waals surface area contributed by atoms with Gasteiger partial charge in [0.15, 0.2) is 0 Å². The summed E-state index contributed by atoms with van der Waals surface area (Å²) in [5, 5.41) is 2.98. The quantitative estimate of drug-likeness (QED) is 0.814. The van der Waals surface area contributed by atoms with E-state index < -0.39 is 5.54 Å². The van der Waals surface area contributed by atoms with Gasteiger partial charge in [-0.25, -0.2) is 0 Å². The first kappa shape index (κ1) is 17.0. The van der Waals surface area contributed by atoms with E-state index in [0.29, 0.717) is 25.2 Å².